The van der Waals surface area contributed by atoms with Crippen molar-refractivity contribution in [1.82, 2.24) is 4.90 Å². The normalized spacial score (nSPS) is 13.1. The van der Waals surface area contributed by atoms with Gasteiger partial charge in [0.15, 0.2) is 0 Å². The van der Waals surface area contributed by atoms with Crippen LogP contribution in [0.5, 0.6) is 0 Å². The lowest BCUT2D eigenvalue weighted by molar-refractivity contribution is -0.139. The van der Waals surface area contributed by atoms with E-state index in [0.29, 0.717) is 12.5 Å². The fourth-order valence-electron chi connectivity index (χ4n) is 2.07. The van der Waals surface area contributed by atoms with Gasteiger partial charge in [0.25, 0.3) is 0 Å². The van der Waals surface area contributed by atoms with E-state index in [1.807, 2.05) is 38.1 Å². The first-order chi connectivity index (χ1) is 8.32. The molecule has 0 amide bonds. The number of aryl methyl sites for hydroxylation is 1. The molecule has 18 heavy (non-hydrogen) atoms. The van der Waals surface area contributed by atoms with Crippen molar-refractivity contribution in [2.75, 3.05) is 20.6 Å². The molecule has 1 unspecified atom stereocenters. The van der Waals surface area contributed by atoms with Crippen molar-refractivity contribution in [2.45, 2.75) is 32.6 Å². The molecule has 0 bridgehead atoms. The van der Waals surface area contributed by atoms with E-state index in [1.165, 1.54) is 5.56 Å². The zero-order valence-electron chi connectivity index (χ0n) is 11.9. The number of benzene rings is 1. The Hall–Kier alpha value is -1.35. The van der Waals surface area contributed by atoms with Gasteiger partial charge in [-0.3, -0.25) is 4.79 Å². The molecule has 0 spiro atoms. The third-order valence-corrected chi connectivity index (χ3v) is 3.19. The van der Waals surface area contributed by atoms with Gasteiger partial charge in [-0.25, -0.2) is 0 Å². The van der Waals surface area contributed by atoms with E-state index in [4.69, 9.17) is 0 Å². The fourth-order valence-corrected chi connectivity index (χ4v) is 2.07. The minimum atomic E-state index is -0.757. The Morgan fingerprint density at radius 2 is 1.94 bits per heavy atom. The number of carbonyl (C=O) groups is 1. The van der Waals surface area contributed by atoms with Crippen LogP contribution in [0.25, 0.3) is 0 Å². The second-order valence-electron chi connectivity index (χ2n) is 5.42. The number of carboxylic acid groups (broad SMARTS) is 1. The molecule has 3 nitrogen and oxygen atoms in total. The van der Waals surface area contributed by atoms with Crippen molar-refractivity contribution >= 4 is 5.97 Å². The summed E-state index contributed by atoms with van der Waals surface area (Å²) in [6.07, 6.45) is 0. The van der Waals surface area contributed by atoms with Crippen LogP contribution in [0.15, 0.2) is 18.2 Å². The summed E-state index contributed by atoms with van der Waals surface area (Å²) in [6, 6.07) is 6.15. The van der Waals surface area contributed by atoms with Crippen LogP contribution in [0.4, 0.5) is 0 Å². The summed E-state index contributed by atoms with van der Waals surface area (Å²) < 4.78 is 0. The molecule has 0 aliphatic rings. The lowest BCUT2D eigenvalue weighted by Gasteiger charge is -2.21. The van der Waals surface area contributed by atoms with Gasteiger partial charge in [0.05, 0.1) is 5.92 Å². The molecule has 1 N–H and O–H groups in total. The number of aliphatic carboxylic acids is 1. The molecule has 0 saturated heterocycles. The van der Waals surface area contributed by atoms with Gasteiger partial charge in [0, 0.05) is 6.54 Å². The predicted octanol–water partition coefficient (Wildman–Crippen LogP) is 2.85. The van der Waals surface area contributed by atoms with Crippen LogP contribution in [0.2, 0.25) is 0 Å². The zero-order valence-corrected chi connectivity index (χ0v) is 11.9. The lowest BCUT2D eigenvalue weighted by atomic mass is 9.90. The highest BCUT2D eigenvalue weighted by molar-refractivity contribution is 5.77. The third kappa shape index (κ3) is 3.57. The molecule has 3 heteroatoms. The van der Waals surface area contributed by atoms with E-state index in [9.17, 15) is 9.90 Å². The SMILES string of the molecule is Cc1ccc(C(C)C)cc1C(CN(C)C)C(=O)O. The van der Waals surface area contributed by atoms with E-state index in [-0.39, 0.29) is 0 Å². The number of nitrogens with zero attached hydrogens (tertiary/aromatic N) is 1. The molecule has 0 aliphatic carbocycles. The highest BCUT2D eigenvalue weighted by atomic mass is 16.4. The van der Waals surface area contributed by atoms with Crippen LogP contribution < -0.4 is 0 Å². The van der Waals surface area contributed by atoms with Crippen LogP contribution in [0.1, 0.15) is 42.4 Å². The van der Waals surface area contributed by atoms with Crippen molar-refractivity contribution in [3.05, 3.63) is 34.9 Å². The first-order valence-corrected chi connectivity index (χ1v) is 6.31. The number of hydrogen-bond donors (Lipinski definition) is 1. The lowest BCUT2D eigenvalue weighted by Crippen LogP contribution is -2.26. The van der Waals surface area contributed by atoms with Crippen LogP contribution in [0, 0.1) is 6.92 Å². The molecule has 0 aromatic heterocycles. The maximum atomic E-state index is 11.4. The Labute approximate surface area is 109 Å². The highest BCUT2D eigenvalue weighted by Gasteiger charge is 2.22. The number of carboxylic acids is 1. The highest BCUT2D eigenvalue weighted by Crippen LogP contribution is 2.25. The van der Waals surface area contributed by atoms with Crippen molar-refractivity contribution in [1.29, 1.82) is 0 Å². The summed E-state index contributed by atoms with van der Waals surface area (Å²) in [4.78, 5) is 13.4. The van der Waals surface area contributed by atoms with Gasteiger partial charge < -0.3 is 10.0 Å². The molecular weight excluding hydrogens is 226 g/mol. The van der Waals surface area contributed by atoms with Gasteiger partial charge in [-0.1, -0.05) is 32.0 Å². The fraction of sp³-hybridized carbons (Fsp3) is 0.533. The monoisotopic (exact) mass is 249 g/mol. The average molecular weight is 249 g/mol. The van der Waals surface area contributed by atoms with Gasteiger partial charge in [-0.2, -0.15) is 0 Å². The van der Waals surface area contributed by atoms with E-state index < -0.39 is 11.9 Å². The molecule has 1 atom stereocenters. The van der Waals surface area contributed by atoms with E-state index in [1.54, 1.807) is 0 Å². The maximum Gasteiger partial charge on any atom is 0.312 e. The largest absolute Gasteiger partial charge is 0.481 e. The zero-order chi connectivity index (χ0) is 13.9. The van der Waals surface area contributed by atoms with Crippen LogP contribution in [-0.2, 0) is 4.79 Å². The predicted molar refractivity (Wildman–Crippen MR) is 74.2 cm³/mol. The second-order valence-corrected chi connectivity index (χ2v) is 5.42. The Kier molecular flexibility index (Phi) is 4.91. The first kappa shape index (κ1) is 14.7. The molecule has 0 radical (unpaired) electrons. The van der Waals surface area contributed by atoms with E-state index >= 15 is 0 Å². The Balaban J connectivity index is 3.18. The van der Waals surface area contributed by atoms with E-state index in [0.717, 1.165) is 11.1 Å². The summed E-state index contributed by atoms with van der Waals surface area (Å²) >= 11 is 0. The summed E-state index contributed by atoms with van der Waals surface area (Å²) in [5.41, 5.74) is 3.18. The molecule has 0 saturated carbocycles. The van der Waals surface area contributed by atoms with Gasteiger partial charge in [0.1, 0.15) is 0 Å². The molecule has 0 fully saturated rings. The molecule has 0 heterocycles. The van der Waals surface area contributed by atoms with Gasteiger partial charge in [-0.15, -0.1) is 0 Å². The van der Waals surface area contributed by atoms with Crippen LogP contribution in [0.3, 0.4) is 0 Å². The minimum Gasteiger partial charge on any atom is -0.481 e. The Morgan fingerprint density at radius 3 is 2.39 bits per heavy atom. The quantitative estimate of drug-likeness (QED) is 0.872. The first-order valence-electron chi connectivity index (χ1n) is 6.31. The van der Waals surface area contributed by atoms with Gasteiger partial charge in [0.2, 0.25) is 0 Å². The van der Waals surface area contributed by atoms with Crippen LogP contribution in [-0.4, -0.2) is 36.6 Å². The maximum absolute atomic E-state index is 11.4. The summed E-state index contributed by atoms with van der Waals surface area (Å²) in [5.74, 6) is -0.801. The van der Waals surface area contributed by atoms with Crippen molar-refractivity contribution in [2.24, 2.45) is 0 Å². The number of likely N-dealkylation sites (N-methyl/N-ethyl adjacent to an activating group) is 1. The second kappa shape index (κ2) is 6.01. The topological polar surface area (TPSA) is 40.5 Å². The van der Waals surface area contributed by atoms with Crippen molar-refractivity contribution < 1.29 is 9.90 Å². The van der Waals surface area contributed by atoms with Crippen LogP contribution >= 0.6 is 0 Å². The van der Waals surface area contributed by atoms with Gasteiger partial charge in [-0.05, 0) is 43.6 Å². The molecule has 1 aromatic rings. The minimum absolute atomic E-state index is 0.415. The van der Waals surface area contributed by atoms with Gasteiger partial charge >= 0.3 is 5.97 Å². The molecule has 1 aromatic carbocycles. The molecule has 0 aliphatic heterocycles. The Morgan fingerprint density at radius 1 is 1.33 bits per heavy atom. The number of hydrogen-bond acceptors (Lipinski definition) is 2. The summed E-state index contributed by atoms with van der Waals surface area (Å²) in [6.45, 7) is 6.75. The van der Waals surface area contributed by atoms with Crippen molar-refractivity contribution in [3.8, 4) is 0 Å². The summed E-state index contributed by atoms with van der Waals surface area (Å²) in [5, 5.41) is 9.40. The molecule has 100 valence electrons. The standard InChI is InChI=1S/C15H23NO2/c1-10(2)12-7-6-11(3)13(8-12)14(15(17)18)9-16(4)5/h6-8,10,14H,9H2,1-5H3,(H,17,18). The smallest absolute Gasteiger partial charge is 0.312 e. The Bertz CT molecular complexity index is 425. The summed E-state index contributed by atoms with van der Waals surface area (Å²) in [7, 11) is 3.80. The average Bonchev–Trinajstić information content (AvgIpc) is 2.26. The van der Waals surface area contributed by atoms with Crippen molar-refractivity contribution in [3.63, 3.8) is 0 Å². The third-order valence-electron chi connectivity index (χ3n) is 3.19. The van der Waals surface area contributed by atoms with E-state index in [2.05, 4.69) is 19.9 Å². The molecule has 1 rings (SSSR count). The molecular formula is C15H23NO2. The number of rotatable bonds is 5.